The fourth-order valence-electron chi connectivity index (χ4n) is 3.35. The average Bonchev–Trinajstić information content (AvgIpc) is 2.81. The third kappa shape index (κ3) is 5.04. The van der Waals surface area contributed by atoms with Crippen molar-refractivity contribution in [2.45, 2.75) is 20.5 Å². The number of nitrogens with zero attached hydrogens (tertiary/aromatic N) is 2. The number of carbonyl (C=O) groups is 3. The molecule has 3 rings (SSSR count). The van der Waals surface area contributed by atoms with Crippen LogP contribution in [0.3, 0.4) is 0 Å². The first-order chi connectivity index (χ1) is 15.8. The topological polar surface area (TPSA) is 96.4 Å². The van der Waals surface area contributed by atoms with Crippen molar-refractivity contribution < 1.29 is 29.0 Å². The van der Waals surface area contributed by atoms with Gasteiger partial charge in [0.1, 0.15) is 12.2 Å². The van der Waals surface area contributed by atoms with E-state index in [0.29, 0.717) is 30.2 Å². The molecule has 0 atom stereocenters. The lowest BCUT2D eigenvalue weighted by molar-refractivity contribution is -0.133. The fourth-order valence-corrected chi connectivity index (χ4v) is 3.77. The Morgan fingerprint density at radius 3 is 2.12 bits per heavy atom. The minimum Gasteiger partial charge on any atom is -0.493 e. The molecular formula is C24H24N2O6S. The normalized spacial score (nSPS) is 13.9. The zero-order valence-corrected chi connectivity index (χ0v) is 19.3. The van der Waals surface area contributed by atoms with Crippen LogP contribution in [-0.4, -0.2) is 58.0 Å². The molecule has 0 bridgehead atoms. The van der Waals surface area contributed by atoms with Gasteiger partial charge in [-0.15, -0.1) is 0 Å². The highest BCUT2D eigenvalue weighted by atomic mass is 32.1. The van der Waals surface area contributed by atoms with Crippen molar-refractivity contribution in [1.82, 2.24) is 9.80 Å². The van der Waals surface area contributed by atoms with Crippen LogP contribution in [0.15, 0.2) is 48.0 Å². The number of likely N-dealkylation sites (N-methyl/N-ethyl adjacent to an activating group) is 2. The number of thiocarbonyl (C=S) groups is 1. The van der Waals surface area contributed by atoms with E-state index in [-0.39, 0.29) is 22.9 Å². The first kappa shape index (κ1) is 23.9. The van der Waals surface area contributed by atoms with Crippen molar-refractivity contribution in [3.63, 3.8) is 0 Å². The monoisotopic (exact) mass is 468 g/mol. The molecule has 1 heterocycles. The van der Waals surface area contributed by atoms with Gasteiger partial charge in [-0.3, -0.25) is 19.4 Å². The maximum absolute atomic E-state index is 12.8. The van der Waals surface area contributed by atoms with E-state index in [2.05, 4.69) is 0 Å². The van der Waals surface area contributed by atoms with Crippen LogP contribution in [0.4, 0.5) is 0 Å². The van der Waals surface area contributed by atoms with Crippen LogP contribution in [0.2, 0.25) is 0 Å². The van der Waals surface area contributed by atoms with Crippen molar-refractivity contribution in [2.24, 2.45) is 0 Å². The molecule has 0 aliphatic carbocycles. The number of amides is 2. The van der Waals surface area contributed by atoms with Gasteiger partial charge in [0, 0.05) is 13.1 Å². The number of aromatic carboxylic acids is 1. The van der Waals surface area contributed by atoms with Gasteiger partial charge in [0.15, 0.2) is 16.6 Å². The second-order valence-corrected chi connectivity index (χ2v) is 7.51. The Balaban J connectivity index is 1.83. The number of hydrogen-bond acceptors (Lipinski definition) is 6. The maximum atomic E-state index is 12.8. The minimum absolute atomic E-state index is 0.0292. The Labute approximate surface area is 197 Å². The average molecular weight is 469 g/mol. The van der Waals surface area contributed by atoms with Gasteiger partial charge < -0.3 is 14.6 Å². The third-order valence-corrected chi connectivity index (χ3v) is 5.58. The molecule has 1 N–H and O–H groups in total. The summed E-state index contributed by atoms with van der Waals surface area (Å²) in [6.45, 7) is 4.54. The van der Waals surface area contributed by atoms with E-state index in [1.165, 1.54) is 35.1 Å². The molecule has 33 heavy (non-hydrogen) atoms. The zero-order valence-electron chi connectivity index (χ0n) is 18.5. The molecule has 0 unspecified atom stereocenters. The van der Waals surface area contributed by atoms with E-state index in [4.69, 9.17) is 26.8 Å². The molecule has 1 fully saturated rings. The van der Waals surface area contributed by atoms with Crippen LogP contribution in [0.5, 0.6) is 11.5 Å². The number of benzene rings is 2. The van der Waals surface area contributed by atoms with Crippen molar-refractivity contribution in [3.05, 3.63) is 64.7 Å². The Morgan fingerprint density at radius 1 is 1.00 bits per heavy atom. The molecule has 9 heteroatoms. The van der Waals surface area contributed by atoms with Gasteiger partial charge in [0.2, 0.25) is 0 Å². The number of carboxylic acids is 1. The van der Waals surface area contributed by atoms with Crippen LogP contribution in [0, 0.1) is 0 Å². The van der Waals surface area contributed by atoms with E-state index in [1.54, 1.807) is 44.2 Å². The number of ether oxygens (including phenoxy) is 2. The van der Waals surface area contributed by atoms with Crippen LogP contribution in [-0.2, 0) is 16.2 Å². The fraction of sp³-hybridized carbons (Fsp3) is 0.250. The van der Waals surface area contributed by atoms with Crippen LogP contribution < -0.4 is 9.47 Å². The highest BCUT2D eigenvalue weighted by molar-refractivity contribution is 7.80. The quantitative estimate of drug-likeness (QED) is 0.361. The third-order valence-electron chi connectivity index (χ3n) is 5.14. The Morgan fingerprint density at radius 2 is 1.61 bits per heavy atom. The molecule has 1 saturated heterocycles. The summed E-state index contributed by atoms with van der Waals surface area (Å²) < 4.78 is 11.3. The molecule has 172 valence electrons. The SMILES string of the molecule is CCN1C(=O)C(=Cc2ccc(OCc3ccc(C(=O)O)cc3)c(OC)c2)C(=O)N(CC)C1=S. The van der Waals surface area contributed by atoms with E-state index in [0.717, 1.165) is 5.56 Å². The van der Waals surface area contributed by atoms with Crippen LogP contribution in [0.1, 0.15) is 35.3 Å². The lowest BCUT2D eigenvalue weighted by atomic mass is 10.1. The summed E-state index contributed by atoms with van der Waals surface area (Å²) in [6.07, 6.45) is 1.52. The Kier molecular flexibility index (Phi) is 7.44. The predicted octanol–water partition coefficient (Wildman–Crippen LogP) is 3.35. The molecule has 1 aliphatic heterocycles. The van der Waals surface area contributed by atoms with E-state index in [9.17, 15) is 14.4 Å². The largest absolute Gasteiger partial charge is 0.493 e. The molecule has 1 aliphatic rings. The van der Waals surface area contributed by atoms with E-state index >= 15 is 0 Å². The van der Waals surface area contributed by atoms with Gasteiger partial charge in [-0.05, 0) is 67.5 Å². The van der Waals surface area contributed by atoms with E-state index in [1.807, 2.05) is 0 Å². The van der Waals surface area contributed by atoms with Crippen LogP contribution >= 0.6 is 12.2 Å². The first-order valence-electron chi connectivity index (χ1n) is 10.3. The summed E-state index contributed by atoms with van der Waals surface area (Å²) in [7, 11) is 1.49. The Hall–Kier alpha value is -3.72. The lowest BCUT2D eigenvalue weighted by Gasteiger charge is -2.35. The standard InChI is InChI=1S/C24H24N2O6S/c1-4-25-21(27)18(22(28)26(5-2)24(25)33)12-16-8-11-19(20(13-16)31-3)32-14-15-6-9-17(10-7-15)23(29)30/h6-13H,4-5,14H2,1-3H3,(H,29,30). The maximum Gasteiger partial charge on any atom is 0.335 e. The minimum atomic E-state index is -0.991. The number of methoxy groups -OCH3 is 1. The van der Waals surface area contributed by atoms with Gasteiger partial charge >= 0.3 is 5.97 Å². The van der Waals surface area contributed by atoms with Crippen molar-refractivity contribution in [3.8, 4) is 11.5 Å². The molecule has 0 spiro atoms. The van der Waals surface area contributed by atoms with E-state index < -0.39 is 17.8 Å². The van der Waals surface area contributed by atoms with Gasteiger partial charge in [0.05, 0.1) is 12.7 Å². The lowest BCUT2D eigenvalue weighted by Crippen LogP contribution is -2.55. The smallest absolute Gasteiger partial charge is 0.335 e. The zero-order chi connectivity index (χ0) is 24.1. The van der Waals surface area contributed by atoms with Crippen molar-refractivity contribution in [2.75, 3.05) is 20.2 Å². The number of hydrogen-bond donors (Lipinski definition) is 1. The molecule has 0 radical (unpaired) electrons. The van der Waals surface area contributed by atoms with Gasteiger partial charge in [-0.2, -0.15) is 0 Å². The molecule has 8 nitrogen and oxygen atoms in total. The van der Waals surface area contributed by atoms with Crippen molar-refractivity contribution >= 4 is 41.2 Å². The summed E-state index contributed by atoms with van der Waals surface area (Å²) in [4.78, 5) is 39.4. The second kappa shape index (κ2) is 10.3. The molecule has 2 aromatic carbocycles. The number of carboxylic acid groups (broad SMARTS) is 1. The Bertz CT molecular complexity index is 1100. The molecule has 2 amide bonds. The molecular weight excluding hydrogens is 444 g/mol. The first-order valence-corrected chi connectivity index (χ1v) is 10.7. The molecule has 0 saturated carbocycles. The van der Waals surface area contributed by atoms with Crippen molar-refractivity contribution in [1.29, 1.82) is 0 Å². The summed E-state index contributed by atoms with van der Waals surface area (Å²) >= 11 is 5.28. The number of rotatable bonds is 8. The summed E-state index contributed by atoms with van der Waals surface area (Å²) in [6, 6.07) is 11.5. The highest BCUT2D eigenvalue weighted by Crippen LogP contribution is 2.30. The molecule has 2 aromatic rings. The second-order valence-electron chi connectivity index (χ2n) is 7.14. The van der Waals surface area contributed by atoms with Crippen LogP contribution in [0.25, 0.3) is 6.08 Å². The molecule has 0 aromatic heterocycles. The van der Waals surface area contributed by atoms with Gasteiger partial charge in [0.25, 0.3) is 11.8 Å². The summed E-state index contributed by atoms with van der Waals surface area (Å²) in [5, 5.41) is 9.21. The summed E-state index contributed by atoms with van der Waals surface area (Å²) in [5.74, 6) is -0.954. The highest BCUT2D eigenvalue weighted by Gasteiger charge is 2.37. The van der Waals surface area contributed by atoms with Gasteiger partial charge in [-0.1, -0.05) is 18.2 Å². The number of carbonyl (C=O) groups excluding carboxylic acids is 2. The predicted molar refractivity (Wildman–Crippen MR) is 126 cm³/mol. The van der Waals surface area contributed by atoms with Gasteiger partial charge in [-0.25, -0.2) is 4.79 Å². The summed E-state index contributed by atoms with van der Waals surface area (Å²) in [5.41, 5.74) is 1.62.